The predicted octanol–water partition coefficient (Wildman–Crippen LogP) is 1.67. The van der Waals surface area contributed by atoms with E-state index in [0.29, 0.717) is 6.54 Å². The van der Waals surface area contributed by atoms with Gasteiger partial charge in [0.1, 0.15) is 6.54 Å². The molecule has 0 aliphatic carbocycles. The van der Waals surface area contributed by atoms with Gasteiger partial charge in [0.05, 0.1) is 17.3 Å². The standard InChI is InChI=1S/C23H25N2OS.HI/c1-4-24-19(8-7-18-13-16(2)5-9-20(18)24)15-23-25(11-12-26)21-14-17(3)6-10-22(21)27-23;/h5-10,13-15,26H,4,11-12H2,1-3H3;1H/q+1;/p-1. The Bertz CT molecular complexity index is 1050. The van der Waals surface area contributed by atoms with Crippen LogP contribution in [0.15, 0.2) is 58.5 Å². The number of fused-ring (bicyclic) bond motifs is 2. The lowest BCUT2D eigenvalue weighted by Gasteiger charge is -2.19. The predicted molar refractivity (Wildman–Crippen MR) is 114 cm³/mol. The molecule has 0 unspecified atom stereocenters. The Balaban J connectivity index is 0.00000225. The zero-order valence-electron chi connectivity index (χ0n) is 16.4. The molecule has 0 spiro atoms. The molecule has 1 aliphatic heterocycles. The molecule has 2 heterocycles. The van der Waals surface area contributed by atoms with Gasteiger partial charge < -0.3 is 34.0 Å². The van der Waals surface area contributed by atoms with Crippen molar-refractivity contribution in [2.45, 2.75) is 32.2 Å². The second kappa shape index (κ2) is 8.84. The number of hydrogen-bond donors (Lipinski definition) is 1. The van der Waals surface area contributed by atoms with Gasteiger partial charge in [-0.05, 0) is 50.6 Å². The normalized spacial score (nSPS) is 14.4. The van der Waals surface area contributed by atoms with E-state index >= 15 is 0 Å². The summed E-state index contributed by atoms with van der Waals surface area (Å²) in [5, 5.41) is 12.0. The monoisotopic (exact) mass is 504 g/mol. The number of benzene rings is 2. The van der Waals surface area contributed by atoms with Crippen molar-refractivity contribution in [2.24, 2.45) is 0 Å². The van der Waals surface area contributed by atoms with Crippen LogP contribution >= 0.6 is 11.8 Å². The fourth-order valence-corrected chi connectivity index (χ4v) is 4.83. The Morgan fingerprint density at radius 3 is 2.54 bits per heavy atom. The number of β-amino-alcohol motifs (C(OH)–C–C–N with tert-alkyl or cyclic N) is 1. The summed E-state index contributed by atoms with van der Waals surface area (Å²) in [6.07, 6.45) is 2.25. The molecule has 0 saturated carbocycles. The van der Waals surface area contributed by atoms with Crippen molar-refractivity contribution in [3.8, 4) is 0 Å². The maximum atomic E-state index is 9.59. The Labute approximate surface area is 188 Å². The molecule has 146 valence electrons. The molecule has 3 nitrogen and oxygen atoms in total. The first-order valence-electron chi connectivity index (χ1n) is 9.42. The van der Waals surface area contributed by atoms with Crippen molar-refractivity contribution in [1.82, 2.24) is 0 Å². The lowest BCUT2D eigenvalue weighted by atomic mass is 10.1. The zero-order valence-corrected chi connectivity index (χ0v) is 19.4. The zero-order chi connectivity index (χ0) is 19.0. The van der Waals surface area contributed by atoms with Gasteiger partial charge in [-0.15, -0.1) is 0 Å². The number of anilines is 1. The van der Waals surface area contributed by atoms with Gasteiger partial charge in [0.2, 0.25) is 11.2 Å². The van der Waals surface area contributed by atoms with Crippen LogP contribution in [-0.2, 0) is 6.54 Å². The maximum Gasteiger partial charge on any atom is 0.212 e. The highest BCUT2D eigenvalue weighted by Gasteiger charge is 2.26. The van der Waals surface area contributed by atoms with Gasteiger partial charge in [0.15, 0.2) is 0 Å². The first-order valence-corrected chi connectivity index (χ1v) is 10.2. The second-order valence-electron chi connectivity index (χ2n) is 7.00. The average Bonchev–Trinajstić information content (AvgIpc) is 2.98. The molecule has 0 saturated heterocycles. The summed E-state index contributed by atoms with van der Waals surface area (Å²) in [7, 11) is 0. The summed E-state index contributed by atoms with van der Waals surface area (Å²) in [5.41, 5.74) is 6.15. The van der Waals surface area contributed by atoms with E-state index in [0.717, 1.165) is 6.54 Å². The van der Waals surface area contributed by atoms with Crippen LogP contribution in [0.4, 0.5) is 5.69 Å². The largest absolute Gasteiger partial charge is 1.00 e. The van der Waals surface area contributed by atoms with Gasteiger partial charge in [0, 0.05) is 35.0 Å². The Morgan fingerprint density at radius 1 is 1.04 bits per heavy atom. The summed E-state index contributed by atoms with van der Waals surface area (Å²) < 4.78 is 2.35. The van der Waals surface area contributed by atoms with Crippen molar-refractivity contribution in [3.05, 3.63) is 70.4 Å². The molecule has 0 bridgehead atoms. The highest BCUT2D eigenvalue weighted by Crippen LogP contribution is 2.46. The smallest absolute Gasteiger partial charge is 0.212 e. The quantitative estimate of drug-likeness (QED) is 0.433. The van der Waals surface area contributed by atoms with Crippen molar-refractivity contribution in [3.63, 3.8) is 0 Å². The first-order chi connectivity index (χ1) is 13.1. The van der Waals surface area contributed by atoms with Crippen LogP contribution in [-0.4, -0.2) is 18.3 Å². The molecule has 0 fully saturated rings. The van der Waals surface area contributed by atoms with Gasteiger partial charge in [0.25, 0.3) is 0 Å². The summed E-state index contributed by atoms with van der Waals surface area (Å²) in [6.45, 7) is 8.08. The highest BCUT2D eigenvalue weighted by molar-refractivity contribution is 8.03. The van der Waals surface area contributed by atoms with Gasteiger partial charge in [-0.2, -0.15) is 4.57 Å². The minimum absolute atomic E-state index is 0. The molecule has 4 rings (SSSR count). The third kappa shape index (κ3) is 3.93. The van der Waals surface area contributed by atoms with Gasteiger partial charge >= 0.3 is 0 Å². The second-order valence-corrected chi connectivity index (χ2v) is 8.06. The van der Waals surface area contributed by atoms with Gasteiger partial charge in [-0.25, -0.2) is 0 Å². The number of thioether (sulfide) groups is 1. The molecule has 1 aliphatic rings. The molecular formula is C23H25IN2OS. The van der Waals surface area contributed by atoms with Crippen LogP contribution in [0, 0.1) is 13.8 Å². The average molecular weight is 504 g/mol. The number of rotatable bonds is 4. The van der Waals surface area contributed by atoms with E-state index in [-0.39, 0.29) is 30.6 Å². The molecule has 28 heavy (non-hydrogen) atoms. The summed E-state index contributed by atoms with van der Waals surface area (Å²) >= 11 is 1.78. The fourth-order valence-electron chi connectivity index (χ4n) is 3.71. The SMILES string of the molecule is CC[n+]1c(/C=C2\Sc3ccc(C)cc3N2CCO)ccc2cc(C)ccc21.[I-]. The molecule has 0 amide bonds. The molecule has 3 aromatic rings. The Kier molecular flexibility index (Phi) is 6.68. The number of pyridine rings is 1. The first kappa shape index (κ1) is 21.1. The summed E-state index contributed by atoms with van der Waals surface area (Å²) in [4.78, 5) is 3.48. The third-order valence-corrected chi connectivity index (χ3v) is 6.13. The molecule has 5 heteroatoms. The lowest BCUT2D eigenvalue weighted by molar-refractivity contribution is -0.669. The molecule has 0 radical (unpaired) electrons. The van der Waals surface area contributed by atoms with Crippen LogP contribution in [0.25, 0.3) is 17.0 Å². The summed E-state index contributed by atoms with van der Waals surface area (Å²) in [6, 6.07) is 17.6. The molecular weight excluding hydrogens is 479 g/mol. The number of hydrogen-bond acceptors (Lipinski definition) is 3. The fraction of sp³-hybridized carbons (Fsp3) is 0.261. The van der Waals surface area contributed by atoms with E-state index < -0.39 is 0 Å². The van der Waals surface area contributed by atoms with E-state index in [4.69, 9.17) is 0 Å². The van der Waals surface area contributed by atoms with Crippen molar-refractivity contribution >= 4 is 34.4 Å². The Morgan fingerprint density at radius 2 is 1.79 bits per heavy atom. The molecule has 2 aromatic carbocycles. The minimum Gasteiger partial charge on any atom is -1.00 e. The number of nitrogens with zero attached hydrogens (tertiary/aromatic N) is 2. The van der Waals surface area contributed by atoms with Crippen LogP contribution in [0.5, 0.6) is 0 Å². The number of aliphatic hydroxyl groups is 1. The van der Waals surface area contributed by atoms with Crippen LogP contribution in [0.2, 0.25) is 0 Å². The van der Waals surface area contributed by atoms with E-state index in [1.807, 2.05) is 0 Å². The molecule has 1 aromatic heterocycles. The van der Waals surface area contributed by atoms with Crippen LogP contribution in [0.3, 0.4) is 0 Å². The van der Waals surface area contributed by atoms with Crippen molar-refractivity contribution < 1.29 is 33.7 Å². The minimum atomic E-state index is 0. The number of aromatic nitrogens is 1. The maximum absolute atomic E-state index is 9.59. The molecule has 1 N–H and O–H groups in total. The van der Waals surface area contributed by atoms with Crippen molar-refractivity contribution in [1.29, 1.82) is 0 Å². The highest BCUT2D eigenvalue weighted by atomic mass is 127. The lowest BCUT2D eigenvalue weighted by Crippen LogP contribution is -3.00. The van der Waals surface area contributed by atoms with Gasteiger partial charge in [-0.3, -0.25) is 0 Å². The topological polar surface area (TPSA) is 27.4 Å². The van der Waals surface area contributed by atoms with Crippen molar-refractivity contribution in [2.75, 3.05) is 18.1 Å². The van der Waals surface area contributed by atoms with E-state index in [1.165, 1.54) is 43.3 Å². The van der Waals surface area contributed by atoms with Gasteiger partial charge in [-0.1, -0.05) is 29.5 Å². The number of halogens is 1. The van der Waals surface area contributed by atoms with E-state index in [1.54, 1.807) is 11.8 Å². The van der Waals surface area contributed by atoms with E-state index in [2.05, 4.69) is 84.8 Å². The van der Waals surface area contributed by atoms with Crippen LogP contribution < -0.4 is 33.4 Å². The Hall–Kier alpha value is -1.57. The summed E-state index contributed by atoms with van der Waals surface area (Å²) in [5.74, 6) is 0. The number of aryl methyl sites for hydroxylation is 3. The van der Waals surface area contributed by atoms with E-state index in [9.17, 15) is 5.11 Å². The number of aliphatic hydroxyl groups excluding tert-OH is 1. The molecule has 0 atom stereocenters. The van der Waals surface area contributed by atoms with Crippen LogP contribution in [0.1, 0.15) is 23.7 Å². The third-order valence-electron chi connectivity index (χ3n) is 5.02.